The van der Waals surface area contributed by atoms with Crippen LogP contribution in [0.1, 0.15) is 12.5 Å². The number of Topliss-reactive ketones (excluding diaryl/α,β-unsaturated/α-hetero) is 1. The minimum Gasteiger partial charge on any atom is -0.457 e. The topological polar surface area (TPSA) is 56.5 Å². The number of carbonyl (C=O) groups excluding carboxylic acids is 2. The lowest BCUT2D eigenvalue weighted by atomic mass is 10.2. The van der Waals surface area contributed by atoms with Crippen molar-refractivity contribution < 1.29 is 18.7 Å². The average molecular weight is 192 g/mol. The lowest BCUT2D eigenvalue weighted by Crippen LogP contribution is -2.13. The Morgan fingerprint density at radius 3 is 2.71 bits per heavy atom. The summed E-state index contributed by atoms with van der Waals surface area (Å²) in [6.07, 6.45) is 0. The maximum absolute atomic E-state index is 10.8. The molecule has 0 N–H and O–H groups in total. The molecule has 0 amide bonds. The SMILES string of the molecule is CC(=O)C(=O)OCc1cc2ccc1o2. The zero-order valence-corrected chi connectivity index (χ0v) is 7.57. The molecule has 4 heteroatoms. The van der Waals surface area contributed by atoms with Crippen LogP contribution in [-0.2, 0) is 20.9 Å². The highest BCUT2D eigenvalue weighted by atomic mass is 16.5. The molecule has 2 aromatic heterocycles. The average Bonchev–Trinajstić information content (AvgIpc) is 2.74. The Morgan fingerprint density at radius 2 is 2.21 bits per heavy atom. The maximum Gasteiger partial charge on any atom is 0.374 e. The number of furan rings is 2. The van der Waals surface area contributed by atoms with Crippen LogP contribution in [0.5, 0.6) is 0 Å². The summed E-state index contributed by atoms with van der Waals surface area (Å²) >= 11 is 0. The molecule has 0 unspecified atom stereocenters. The molecular weight excluding hydrogens is 184 g/mol. The standard InChI is InChI=1S/C10H8O4/c1-6(11)10(12)13-5-7-4-8-2-3-9(7)14-8/h2-4H,5H2,1H3. The number of ether oxygens (including phenoxy) is 1. The van der Waals surface area contributed by atoms with E-state index in [1.54, 1.807) is 12.1 Å². The Labute approximate surface area is 79.8 Å². The number of ketones is 1. The third kappa shape index (κ3) is 1.46. The number of hydrogen-bond donors (Lipinski definition) is 0. The van der Waals surface area contributed by atoms with Crippen molar-refractivity contribution in [2.45, 2.75) is 13.5 Å². The van der Waals surface area contributed by atoms with E-state index in [4.69, 9.17) is 9.15 Å². The van der Waals surface area contributed by atoms with Gasteiger partial charge >= 0.3 is 5.97 Å². The molecule has 0 aliphatic rings. The van der Waals surface area contributed by atoms with Crippen molar-refractivity contribution >= 4 is 22.9 Å². The Morgan fingerprint density at radius 1 is 1.43 bits per heavy atom. The van der Waals surface area contributed by atoms with Crippen LogP contribution >= 0.6 is 0 Å². The first-order valence-corrected chi connectivity index (χ1v) is 4.15. The summed E-state index contributed by atoms with van der Waals surface area (Å²) in [6, 6.07) is 5.40. The molecule has 2 rings (SSSR count). The van der Waals surface area contributed by atoms with Crippen LogP contribution in [0, 0.1) is 0 Å². The van der Waals surface area contributed by atoms with Gasteiger partial charge in [0.1, 0.15) is 17.8 Å². The summed E-state index contributed by atoms with van der Waals surface area (Å²) in [4.78, 5) is 21.4. The van der Waals surface area contributed by atoms with E-state index in [9.17, 15) is 9.59 Å². The lowest BCUT2D eigenvalue weighted by Gasteiger charge is -1.99. The van der Waals surface area contributed by atoms with Gasteiger partial charge < -0.3 is 9.15 Å². The molecule has 72 valence electrons. The lowest BCUT2D eigenvalue weighted by molar-refractivity contribution is -0.153. The van der Waals surface area contributed by atoms with E-state index in [1.165, 1.54) is 6.92 Å². The van der Waals surface area contributed by atoms with Crippen molar-refractivity contribution in [2.75, 3.05) is 0 Å². The van der Waals surface area contributed by atoms with Gasteiger partial charge in [0.25, 0.3) is 0 Å². The van der Waals surface area contributed by atoms with Gasteiger partial charge in [0.2, 0.25) is 5.78 Å². The van der Waals surface area contributed by atoms with Crippen molar-refractivity contribution in [3.63, 3.8) is 0 Å². The summed E-state index contributed by atoms with van der Waals surface area (Å²) in [5, 5.41) is 0. The van der Waals surface area contributed by atoms with E-state index in [1.807, 2.05) is 6.07 Å². The second-order valence-electron chi connectivity index (χ2n) is 3.00. The Balaban J connectivity index is 2.02. The monoisotopic (exact) mass is 192 g/mol. The van der Waals surface area contributed by atoms with Crippen molar-refractivity contribution in [1.82, 2.24) is 0 Å². The van der Waals surface area contributed by atoms with Gasteiger partial charge in [-0.15, -0.1) is 0 Å². The molecule has 14 heavy (non-hydrogen) atoms. The van der Waals surface area contributed by atoms with Gasteiger partial charge in [-0.05, 0) is 18.2 Å². The number of rotatable bonds is 3. The van der Waals surface area contributed by atoms with Gasteiger partial charge in [0, 0.05) is 12.5 Å². The normalized spacial score (nSPS) is 10.6. The van der Waals surface area contributed by atoms with Crippen molar-refractivity contribution in [3.8, 4) is 0 Å². The van der Waals surface area contributed by atoms with Crippen molar-refractivity contribution in [3.05, 3.63) is 23.8 Å². The number of fused-ring (bicyclic) bond motifs is 2. The summed E-state index contributed by atoms with van der Waals surface area (Å²) in [6.45, 7) is 1.26. The van der Waals surface area contributed by atoms with E-state index >= 15 is 0 Å². The van der Waals surface area contributed by atoms with Gasteiger partial charge in [-0.25, -0.2) is 4.79 Å². The highest BCUT2D eigenvalue weighted by Gasteiger charge is 2.12. The molecular formula is C10H8O4. The Bertz CT molecular complexity index is 468. The third-order valence-corrected chi connectivity index (χ3v) is 1.91. The molecule has 0 atom stereocenters. The zero-order valence-electron chi connectivity index (χ0n) is 7.57. The molecule has 0 aromatic carbocycles. The number of esters is 1. The van der Waals surface area contributed by atoms with Crippen molar-refractivity contribution in [1.29, 1.82) is 0 Å². The van der Waals surface area contributed by atoms with E-state index in [-0.39, 0.29) is 6.61 Å². The van der Waals surface area contributed by atoms with Gasteiger partial charge in [-0.2, -0.15) is 0 Å². The zero-order chi connectivity index (χ0) is 10.1. The first kappa shape index (κ1) is 8.74. The molecule has 2 bridgehead atoms. The smallest absolute Gasteiger partial charge is 0.374 e. The molecule has 0 aliphatic carbocycles. The number of hydrogen-bond acceptors (Lipinski definition) is 4. The van der Waals surface area contributed by atoms with E-state index in [0.717, 1.165) is 11.1 Å². The molecule has 4 nitrogen and oxygen atoms in total. The van der Waals surface area contributed by atoms with Gasteiger partial charge in [0.05, 0.1) is 0 Å². The van der Waals surface area contributed by atoms with Gasteiger partial charge in [0.15, 0.2) is 0 Å². The van der Waals surface area contributed by atoms with Gasteiger partial charge in [-0.3, -0.25) is 4.79 Å². The minimum absolute atomic E-state index is 0.0849. The molecule has 0 saturated carbocycles. The molecule has 0 saturated heterocycles. The highest BCUT2D eigenvalue weighted by molar-refractivity contribution is 6.32. The maximum atomic E-state index is 10.8. The van der Waals surface area contributed by atoms with Crippen LogP contribution in [0.3, 0.4) is 0 Å². The van der Waals surface area contributed by atoms with E-state index < -0.39 is 11.8 Å². The Kier molecular flexibility index (Phi) is 1.96. The second kappa shape index (κ2) is 3.14. The van der Waals surface area contributed by atoms with Crippen LogP contribution in [0.4, 0.5) is 0 Å². The fraction of sp³-hybridized carbons (Fsp3) is 0.200. The minimum atomic E-state index is -0.816. The van der Waals surface area contributed by atoms with E-state index in [0.29, 0.717) is 5.58 Å². The Hall–Kier alpha value is -1.84. The largest absolute Gasteiger partial charge is 0.457 e. The summed E-state index contributed by atoms with van der Waals surface area (Å²) in [5.41, 5.74) is 2.22. The number of benzene rings is 1. The van der Waals surface area contributed by atoms with Crippen LogP contribution < -0.4 is 0 Å². The second-order valence-corrected chi connectivity index (χ2v) is 3.00. The van der Waals surface area contributed by atoms with Crippen LogP contribution in [0.2, 0.25) is 0 Å². The molecule has 2 heterocycles. The summed E-state index contributed by atoms with van der Waals surface area (Å²) < 4.78 is 9.97. The van der Waals surface area contributed by atoms with Crippen LogP contribution in [0.25, 0.3) is 11.2 Å². The summed E-state index contributed by atoms with van der Waals surface area (Å²) in [5.74, 6) is -1.41. The van der Waals surface area contributed by atoms with Gasteiger partial charge in [-0.1, -0.05) is 0 Å². The van der Waals surface area contributed by atoms with Crippen LogP contribution in [0.15, 0.2) is 22.6 Å². The fourth-order valence-corrected chi connectivity index (χ4v) is 1.20. The van der Waals surface area contributed by atoms with Crippen molar-refractivity contribution in [2.24, 2.45) is 0 Å². The van der Waals surface area contributed by atoms with E-state index in [2.05, 4.69) is 0 Å². The fourth-order valence-electron chi connectivity index (χ4n) is 1.20. The van der Waals surface area contributed by atoms with Crippen LogP contribution in [-0.4, -0.2) is 11.8 Å². The predicted molar refractivity (Wildman–Crippen MR) is 47.9 cm³/mol. The highest BCUT2D eigenvalue weighted by Crippen LogP contribution is 2.22. The summed E-state index contributed by atoms with van der Waals surface area (Å²) in [7, 11) is 0. The molecule has 0 radical (unpaired) electrons. The molecule has 0 fully saturated rings. The first-order chi connectivity index (χ1) is 6.66. The quantitative estimate of drug-likeness (QED) is 0.546. The third-order valence-electron chi connectivity index (χ3n) is 1.91. The molecule has 0 spiro atoms. The molecule has 2 aromatic rings. The molecule has 0 aliphatic heterocycles. The number of carbonyl (C=O) groups is 2. The predicted octanol–water partition coefficient (Wildman–Crippen LogP) is 1.50. The first-order valence-electron chi connectivity index (χ1n) is 4.15.